The molecule has 2 aromatic rings. The molecule has 5 heteroatoms. The molecule has 0 bridgehead atoms. The normalized spacial score (nSPS) is 10.2. The van der Waals surface area contributed by atoms with E-state index in [0.29, 0.717) is 16.3 Å². The van der Waals surface area contributed by atoms with E-state index in [2.05, 4.69) is 4.98 Å². The number of benzene rings is 1. The second kappa shape index (κ2) is 3.74. The van der Waals surface area contributed by atoms with Crippen LogP contribution >= 0.6 is 11.6 Å². The molecule has 0 atom stereocenters. The molecule has 0 spiro atoms. The molecule has 4 nitrogen and oxygen atoms in total. The van der Waals surface area contributed by atoms with Crippen LogP contribution in [0.5, 0.6) is 0 Å². The number of halogens is 1. The fraction of sp³-hybridized carbons (Fsp3) is 0. The topological polar surface area (TPSA) is 60.9 Å². The van der Waals surface area contributed by atoms with Gasteiger partial charge >= 0.3 is 0 Å². The first-order valence-corrected chi connectivity index (χ1v) is 4.64. The minimum absolute atomic E-state index is 0.375. The maximum Gasteiger partial charge on any atom is 0.250 e. The number of carbonyl (C=O) groups excluding carboxylic acids is 1. The Hall–Kier alpha value is -1.81. The number of hydrogen-bond donors (Lipinski definition) is 1. The number of nitrogens with two attached hydrogens (primary N) is 1. The first-order valence-electron chi connectivity index (χ1n) is 4.26. The van der Waals surface area contributed by atoms with Gasteiger partial charge in [0.25, 0.3) is 5.91 Å². The smallest absolute Gasteiger partial charge is 0.250 e. The molecule has 0 unspecified atom stereocenters. The fourth-order valence-electron chi connectivity index (χ4n) is 1.33. The van der Waals surface area contributed by atoms with Crippen LogP contribution in [0.1, 0.15) is 10.4 Å². The average Bonchev–Trinajstić information content (AvgIpc) is 2.70. The van der Waals surface area contributed by atoms with E-state index in [0.717, 1.165) is 0 Å². The predicted molar refractivity (Wildman–Crippen MR) is 57.1 cm³/mol. The molecule has 0 fully saturated rings. The highest BCUT2D eigenvalue weighted by Crippen LogP contribution is 2.19. The van der Waals surface area contributed by atoms with E-state index in [1.165, 1.54) is 0 Å². The summed E-state index contributed by atoms with van der Waals surface area (Å²) in [6, 6.07) is 4.96. The van der Waals surface area contributed by atoms with Gasteiger partial charge in [-0.2, -0.15) is 0 Å². The molecule has 2 rings (SSSR count). The molecule has 2 N–H and O–H groups in total. The number of carbonyl (C=O) groups is 1. The summed E-state index contributed by atoms with van der Waals surface area (Å²) in [6.45, 7) is 0. The van der Waals surface area contributed by atoms with Gasteiger partial charge in [-0.05, 0) is 18.2 Å². The fourth-order valence-corrected chi connectivity index (χ4v) is 1.50. The summed E-state index contributed by atoms with van der Waals surface area (Å²) < 4.78 is 1.70. The average molecular weight is 222 g/mol. The molecule has 1 aromatic carbocycles. The Balaban J connectivity index is 2.61. The zero-order valence-corrected chi connectivity index (χ0v) is 8.48. The van der Waals surface area contributed by atoms with Crippen molar-refractivity contribution in [2.45, 2.75) is 0 Å². The summed E-state index contributed by atoms with van der Waals surface area (Å²) in [7, 11) is 0. The lowest BCUT2D eigenvalue weighted by molar-refractivity contribution is 0.100. The summed E-state index contributed by atoms with van der Waals surface area (Å²) in [5, 5.41) is 0.479. The van der Waals surface area contributed by atoms with Gasteiger partial charge in [-0.1, -0.05) is 11.6 Å². The number of rotatable bonds is 2. The molecule has 1 heterocycles. The van der Waals surface area contributed by atoms with Crippen LogP contribution < -0.4 is 5.73 Å². The van der Waals surface area contributed by atoms with Crippen LogP contribution in [0.2, 0.25) is 5.02 Å². The van der Waals surface area contributed by atoms with Gasteiger partial charge in [0.15, 0.2) is 0 Å². The third-order valence-electron chi connectivity index (χ3n) is 2.01. The molecule has 1 aromatic heterocycles. The molecule has 0 saturated carbocycles. The van der Waals surface area contributed by atoms with Crippen molar-refractivity contribution >= 4 is 17.5 Å². The minimum atomic E-state index is -0.513. The van der Waals surface area contributed by atoms with Crippen molar-refractivity contribution in [2.24, 2.45) is 5.73 Å². The summed E-state index contributed by atoms with van der Waals surface area (Å²) in [6.07, 6.45) is 4.95. The first kappa shape index (κ1) is 9.73. The van der Waals surface area contributed by atoms with Gasteiger partial charge in [-0.25, -0.2) is 4.98 Å². The first-order chi connectivity index (χ1) is 7.18. The zero-order chi connectivity index (χ0) is 10.8. The van der Waals surface area contributed by atoms with Gasteiger partial charge in [0.05, 0.1) is 17.6 Å². The molecule has 0 aliphatic rings. The van der Waals surface area contributed by atoms with Crippen LogP contribution in [-0.2, 0) is 0 Å². The lowest BCUT2D eigenvalue weighted by atomic mass is 10.1. The van der Waals surface area contributed by atoms with Crippen LogP contribution in [0.25, 0.3) is 5.69 Å². The molecular formula is C10H8ClN3O. The Labute approximate surface area is 91.3 Å². The number of aromatic nitrogens is 2. The highest BCUT2D eigenvalue weighted by molar-refractivity contribution is 6.31. The van der Waals surface area contributed by atoms with Crippen LogP contribution in [0.15, 0.2) is 36.9 Å². The molecule has 0 aliphatic carbocycles. The Morgan fingerprint density at radius 2 is 2.27 bits per heavy atom. The minimum Gasteiger partial charge on any atom is -0.366 e. The standard InChI is InChI=1S/C10H8ClN3O/c11-7-1-2-9(8(5-7)10(12)15)14-4-3-13-6-14/h1-6H,(H2,12,15). The van der Waals surface area contributed by atoms with Crippen LogP contribution in [0, 0.1) is 0 Å². The van der Waals surface area contributed by atoms with Gasteiger partial charge in [-0.3, -0.25) is 4.79 Å². The molecule has 0 radical (unpaired) electrons. The van der Waals surface area contributed by atoms with E-state index >= 15 is 0 Å². The zero-order valence-electron chi connectivity index (χ0n) is 7.72. The Morgan fingerprint density at radius 3 is 2.87 bits per heavy atom. The SMILES string of the molecule is NC(=O)c1cc(Cl)ccc1-n1ccnc1. The summed E-state index contributed by atoms with van der Waals surface area (Å²) >= 11 is 5.79. The number of imidazole rings is 1. The van der Waals surface area contributed by atoms with Gasteiger partial charge < -0.3 is 10.3 Å². The third kappa shape index (κ3) is 1.85. The van der Waals surface area contributed by atoms with E-state index in [4.69, 9.17) is 17.3 Å². The van der Waals surface area contributed by atoms with E-state index < -0.39 is 5.91 Å². The Morgan fingerprint density at radius 1 is 1.47 bits per heavy atom. The van der Waals surface area contributed by atoms with Crippen molar-refractivity contribution in [1.82, 2.24) is 9.55 Å². The number of amides is 1. The van der Waals surface area contributed by atoms with Crippen molar-refractivity contribution in [3.8, 4) is 5.69 Å². The van der Waals surface area contributed by atoms with Crippen molar-refractivity contribution < 1.29 is 4.79 Å². The lowest BCUT2D eigenvalue weighted by Gasteiger charge is -2.07. The summed E-state index contributed by atoms with van der Waals surface area (Å²) in [4.78, 5) is 15.1. The monoisotopic (exact) mass is 221 g/mol. The summed E-state index contributed by atoms with van der Waals surface area (Å²) in [5.74, 6) is -0.513. The van der Waals surface area contributed by atoms with Gasteiger partial charge in [0.2, 0.25) is 0 Å². The number of nitrogens with zero attached hydrogens (tertiary/aromatic N) is 2. The van der Waals surface area contributed by atoms with E-state index in [-0.39, 0.29) is 0 Å². The Kier molecular flexibility index (Phi) is 2.43. The van der Waals surface area contributed by atoms with Crippen LogP contribution in [0.3, 0.4) is 0 Å². The van der Waals surface area contributed by atoms with Crippen molar-refractivity contribution in [1.29, 1.82) is 0 Å². The van der Waals surface area contributed by atoms with Crippen molar-refractivity contribution in [2.75, 3.05) is 0 Å². The Bertz CT molecular complexity index is 493. The second-order valence-electron chi connectivity index (χ2n) is 3.00. The molecular weight excluding hydrogens is 214 g/mol. The number of hydrogen-bond acceptors (Lipinski definition) is 2. The highest BCUT2D eigenvalue weighted by atomic mass is 35.5. The molecule has 0 aliphatic heterocycles. The molecule has 76 valence electrons. The second-order valence-corrected chi connectivity index (χ2v) is 3.43. The predicted octanol–water partition coefficient (Wildman–Crippen LogP) is 1.62. The maximum atomic E-state index is 11.2. The lowest BCUT2D eigenvalue weighted by Crippen LogP contribution is -2.14. The van der Waals surface area contributed by atoms with Crippen molar-refractivity contribution in [3.63, 3.8) is 0 Å². The van der Waals surface area contributed by atoms with E-state index in [1.807, 2.05) is 0 Å². The third-order valence-corrected chi connectivity index (χ3v) is 2.24. The highest BCUT2D eigenvalue weighted by Gasteiger charge is 2.09. The molecule has 1 amide bonds. The van der Waals surface area contributed by atoms with E-state index in [1.54, 1.807) is 41.5 Å². The molecule has 0 saturated heterocycles. The quantitative estimate of drug-likeness (QED) is 0.838. The van der Waals surface area contributed by atoms with Gasteiger partial charge in [-0.15, -0.1) is 0 Å². The maximum absolute atomic E-state index is 11.2. The van der Waals surface area contributed by atoms with E-state index in [9.17, 15) is 4.79 Å². The van der Waals surface area contributed by atoms with Crippen LogP contribution in [0.4, 0.5) is 0 Å². The van der Waals surface area contributed by atoms with Gasteiger partial charge in [0.1, 0.15) is 0 Å². The van der Waals surface area contributed by atoms with Gasteiger partial charge in [0, 0.05) is 17.4 Å². The largest absolute Gasteiger partial charge is 0.366 e. The number of primary amides is 1. The van der Waals surface area contributed by atoms with Crippen LogP contribution in [-0.4, -0.2) is 15.5 Å². The summed E-state index contributed by atoms with van der Waals surface area (Å²) in [5.41, 5.74) is 6.30. The van der Waals surface area contributed by atoms with Crippen molar-refractivity contribution in [3.05, 3.63) is 47.5 Å². The molecule has 15 heavy (non-hydrogen) atoms.